The summed E-state index contributed by atoms with van der Waals surface area (Å²) in [4.78, 5) is 10.4. The van der Waals surface area contributed by atoms with Gasteiger partial charge in [-0.05, 0) is 25.0 Å². The third-order valence-corrected chi connectivity index (χ3v) is 1.77. The number of hydrogen-bond donors (Lipinski definition) is 0. The molecule has 0 unspecified atom stereocenters. The van der Waals surface area contributed by atoms with Crippen LogP contribution in [0.25, 0.3) is 0 Å². The lowest BCUT2D eigenvalue weighted by Gasteiger charge is -1.99. The monoisotopic (exact) mass is 170 g/mol. The van der Waals surface area contributed by atoms with Gasteiger partial charge < -0.3 is 0 Å². The van der Waals surface area contributed by atoms with Crippen molar-refractivity contribution in [2.75, 3.05) is 0 Å². The molecule has 0 amide bonds. The number of hydrogen-bond acceptors (Lipinski definition) is 1. The first-order chi connectivity index (χ1) is 4.75. The first-order valence-electron chi connectivity index (χ1n) is 3.27. The van der Waals surface area contributed by atoms with Gasteiger partial charge in [0.1, 0.15) is 6.29 Å². The minimum absolute atomic E-state index is 0. The van der Waals surface area contributed by atoms with E-state index in [1.54, 1.807) is 0 Å². The second-order valence-corrected chi connectivity index (χ2v) is 2.41. The quantitative estimate of drug-likeness (QED) is 0.592. The van der Waals surface area contributed by atoms with Crippen LogP contribution in [0, 0.1) is 13.8 Å². The van der Waals surface area contributed by atoms with Crippen molar-refractivity contribution in [1.82, 2.24) is 0 Å². The molecule has 1 rings (SSSR count). The second-order valence-electron chi connectivity index (χ2n) is 2.41. The van der Waals surface area contributed by atoms with E-state index in [1.807, 2.05) is 32.0 Å². The van der Waals surface area contributed by atoms with Crippen LogP contribution >= 0.6 is 12.4 Å². The molecule has 0 aliphatic carbocycles. The normalized spacial score (nSPS) is 8.55. The van der Waals surface area contributed by atoms with E-state index in [1.165, 1.54) is 5.56 Å². The van der Waals surface area contributed by atoms with Gasteiger partial charge in [-0.3, -0.25) is 4.79 Å². The fourth-order valence-electron chi connectivity index (χ4n) is 0.901. The highest BCUT2D eigenvalue weighted by atomic mass is 35.5. The maximum Gasteiger partial charge on any atom is 0.150 e. The Bertz CT molecular complexity index is 256. The first kappa shape index (κ1) is 10.2. The lowest BCUT2D eigenvalue weighted by molar-refractivity contribution is 0.112. The molecule has 1 aromatic carbocycles. The maximum atomic E-state index is 10.4. The summed E-state index contributed by atoms with van der Waals surface area (Å²) in [6, 6.07) is 5.73. The lowest BCUT2D eigenvalue weighted by atomic mass is 10.1. The molecule has 0 aliphatic rings. The van der Waals surface area contributed by atoms with Crippen molar-refractivity contribution in [3.63, 3.8) is 0 Å². The molecule has 0 aliphatic heterocycles. The number of aldehydes is 1. The highest BCUT2D eigenvalue weighted by Gasteiger charge is 1.96. The fourth-order valence-corrected chi connectivity index (χ4v) is 0.901. The van der Waals surface area contributed by atoms with E-state index in [0.717, 1.165) is 17.4 Å². The fraction of sp³-hybridized carbons (Fsp3) is 0.222. The Balaban J connectivity index is 0.000001000. The average Bonchev–Trinajstić information content (AvgIpc) is 1.95. The standard InChI is InChI=1S/C9H10O.ClH/c1-7-4-3-5-9(6-10)8(7)2;/h3-6H,1-2H3;1H. The number of benzene rings is 1. The molecule has 60 valence electrons. The maximum absolute atomic E-state index is 10.4. The number of rotatable bonds is 1. The van der Waals surface area contributed by atoms with Crippen LogP contribution < -0.4 is 0 Å². The van der Waals surface area contributed by atoms with Gasteiger partial charge in [0.2, 0.25) is 0 Å². The van der Waals surface area contributed by atoms with Gasteiger partial charge in [0.15, 0.2) is 0 Å². The predicted octanol–water partition coefficient (Wildman–Crippen LogP) is 2.54. The molecule has 0 radical (unpaired) electrons. The zero-order valence-electron chi connectivity index (χ0n) is 6.63. The summed E-state index contributed by atoms with van der Waals surface area (Å²) in [6.07, 6.45) is 0.891. The third kappa shape index (κ3) is 2.05. The van der Waals surface area contributed by atoms with Crippen LogP contribution in [0.1, 0.15) is 21.5 Å². The Hall–Kier alpha value is -0.820. The molecule has 0 saturated heterocycles. The number of carbonyl (C=O) groups is 1. The predicted molar refractivity (Wildman–Crippen MR) is 48.6 cm³/mol. The molecule has 2 heteroatoms. The van der Waals surface area contributed by atoms with Crippen LogP contribution in [0.2, 0.25) is 0 Å². The summed E-state index contributed by atoms with van der Waals surface area (Å²) in [5.74, 6) is 0. The van der Waals surface area contributed by atoms with Crippen molar-refractivity contribution in [3.8, 4) is 0 Å². The van der Waals surface area contributed by atoms with E-state index < -0.39 is 0 Å². The van der Waals surface area contributed by atoms with E-state index in [0.29, 0.717) is 0 Å². The number of aryl methyl sites for hydroxylation is 1. The van der Waals surface area contributed by atoms with Crippen LogP contribution in [0.5, 0.6) is 0 Å². The minimum atomic E-state index is 0. The molecule has 1 nitrogen and oxygen atoms in total. The highest BCUT2D eigenvalue weighted by molar-refractivity contribution is 5.85. The van der Waals surface area contributed by atoms with Crippen LogP contribution in [-0.2, 0) is 0 Å². The molecule has 0 atom stereocenters. The molecular formula is C9H11ClO. The minimum Gasteiger partial charge on any atom is -0.298 e. The Morgan fingerprint density at radius 2 is 1.91 bits per heavy atom. The van der Waals surface area contributed by atoms with Crippen LogP contribution in [0.4, 0.5) is 0 Å². The van der Waals surface area contributed by atoms with Crippen LogP contribution in [-0.4, -0.2) is 6.29 Å². The van der Waals surface area contributed by atoms with Gasteiger partial charge >= 0.3 is 0 Å². The summed E-state index contributed by atoms with van der Waals surface area (Å²) in [5.41, 5.74) is 3.04. The van der Waals surface area contributed by atoms with E-state index in [-0.39, 0.29) is 12.4 Å². The van der Waals surface area contributed by atoms with E-state index in [2.05, 4.69) is 0 Å². The molecule has 0 spiro atoms. The number of halogens is 1. The second kappa shape index (κ2) is 4.14. The Morgan fingerprint density at radius 3 is 2.36 bits per heavy atom. The van der Waals surface area contributed by atoms with Crippen molar-refractivity contribution >= 4 is 18.7 Å². The molecule has 0 fully saturated rings. The summed E-state index contributed by atoms with van der Waals surface area (Å²) < 4.78 is 0. The third-order valence-electron chi connectivity index (χ3n) is 1.77. The molecule has 0 aromatic heterocycles. The van der Waals surface area contributed by atoms with Crippen LogP contribution in [0.15, 0.2) is 18.2 Å². The molecule has 11 heavy (non-hydrogen) atoms. The van der Waals surface area contributed by atoms with Crippen molar-refractivity contribution in [3.05, 3.63) is 34.9 Å². The van der Waals surface area contributed by atoms with Gasteiger partial charge in [-0.25, -0.2) is 0 Å². The summed E-state index contributed by atoms with van der Waals surface area (Å²) in [5, 5.41) is 0. The Labute approximate surface area is 72.8 Å². The van der Waals surface area contributed by atoms with Crippen molar-refractivity contribution in [2.45, 2.75) is 13.8 Å². The van der Waals surface area contributed by atoms with Gasteiger partial charge in [-0.1, -0.05) is 18.2 Å². The molecule has 1 aromatic rings. The smallest absolute Gasteiger partial charge is 0.150 e. The van der Waals surface area contributed by atoms with Crippen molar-refractivity contribution in [2.24, 2.45) is 0 Å². The van der Waals surface area contributed by atoms with Gasteiger partial charge in [0.25, 0.3) is 0 Å². The summed E-state index contributed by atoms with van der Waals surface area (Å²) in [7, 11) is 0. The summed E-state index contributed by atoms with van der Waals surface area (Å²) >= 11 is 0. The highest BCUT2D eigenvalue weighted by Crippen LogP contribution is 2.09. The summed E-state index contributed by atoms with van der Waals surface area (Å²) in [6.45, 7) is 3.96. The van der Waals surface area contributed by atoms with E-state index in [9.17, 15) is 4.79 Å². The number of carbonyl (C=O) groups excluding carboxylic acids is 1. The zero-order chi connectivity index (χ0) is 7.56. The SMILES string of the molecule is Cc1cccc(C=O)c1C.Cl. The van der Waals surface area contributed by atoms with Crippen LogP contribution in [0.3, 0.4) is 0 Å². The zero-order valence-corrected chi connectivity index (χ0v) is 7.44. The first-order valence-corrected chi connectivity index (χ1v) is 3.27. The molecule has 0 bridgehead atoms. The molecule has 0 N–H and O–H groups in total. The lowest BCUT2D eigenvalue weighted by Crippen LogP contribution is -1.87. The van der Waals surface area contributed by atoms with E-state index >= 15 is 0 Å². The molecule has 0 heterocycles. The Morgan fingerprint density at radius 1 is 1.27 bits per heavy atom. The largest absolute Gasteiger partial charge is 0.298 e. The van der Waals surface area contributed by atoms with E-state index in [4.69, 9.17) is 0 Å². The van der Waals surface area contributed by atoms with Gasteiger partial charge in [0, 0.05) is 5.56 Å². The topological polar surface area (TPSA) is 17.1 Å². The molecule has 0 saturated carbocycles. The Kier molecular flexibility index (Phi) is 3.83. The average molecular weight is 171 g/mol. The van der Waals surface area contributed by atoms with Crippen molar-refractivity contribution < 1.29 is 4.79 Å². The van der Waals surface area contributed by atoms with Gasteiger partial charge in [-0.2, -0.15) is 0 Å². The van der Waals surface area contributed by atoms with Gasteiger partial charge in [0.05, 0.1) is 0 Å². The van der Waals surface area contributed by atoms with Crippen molar-refractivity contribution in [1.29, 1.82) is 0 Å². The van der Waals surface area contributed by atoms with Gasteiger partial charge in [-0.15, -0.1) is 12.4 Å². The molecular weight excluding hydrogens is 160 g/mol.